The highest BCUT2D eigenvalue weighted by molar-refractivity contribution is 5.94. The number of rotatable bonds is 8. The van der Waals surface area contributed by atoms with Gasteiger partial charge in [0.25, 0.3) is 5.91 Å². The van der Waals surface area contributed by atoms with Gasteiger partial charge in [-0.2, -0.15) is 0 Å². The Morgan fingerprint density at radius 3 is 2.71 bits per heavy atom. The number of piperazine rings is 1. The summed E-state index contributed by atoms with van der Waals surface area (Å²) in [6.45, 7) is 6.80. The topological polar surface area (TPSA) is 87.2 Å². The van der Waals surface area contributed by atoms with E-state index in [4.69, 9.17) is 9.47 Å². The lowest BCUT2D eigenvalue weighted by Crippen LogP contribution is -2.46. The van der Waals surface area contributed by atoms with Crippen LogP contribution in [0, 0.1) is 0 Å². The zero-order valence-corrected chi connectivity index (χ0v) is 19.4. The maximum Gasteiger partial charge on any atom is 0.251 e. The van der Waals surface area contributed by atoms with Crippen molar-refractivity contribution in [1.29, 1.82) is 0 Å². The molecule has 2 fully saturated rings. The van der Waals surface area contributed by atoms with Crippen LogP contribution in [0.25, 0.3) is 0 Å². The number of hydrogen-bond acceptors (Lipinski definition) is 7. The predicted molar refractivity (Wildman–Crippen MR) is 127 cm³/mol. The second-order valence-electron chi connectivity index (χ2n) is 8.95. The second kappa shape index (κ2) is 10.3. The van der Waals surface area contributed by atoms with Crippen LogP contribution in [-0.2, 0) is 11.3 Å². The molecule has 9 nitrogen and oxygen atoms in total. The minimum absolute atomic E-state index is 0.0992. The summed E-state index contributed by atoms with van der Waals surface area (Å²) in [6.07, 6.45) is 4.06. The Hall–Kier alpha value is -3.33. The van der Waals surface area contributed by atoms with E-state index in [2.05, 4.69) is 32.2 Å². The van der Waals surface area contributed by atoms with Crippen molar-refractivity contribution < 1.29 is 19.1 Å². The highest BCUT2D eigenvalue weighted by atomic mass is 16.7. The number of anilines is 1. The fourth-order valence-electron chi connectivity index (χ4n) is 4.68. The maximum atomic E-state index is 12.6. The fourth-order valence-corrected chi connectivity index (χ4v) is 4.68. The van der Waals surface area contributed by atoms with Gasteiger partial charge in [0.15, 0.2) is 11.5 Å². The van der Waals surface area contributed by atoms with Gasteiger partial charge in [0.1, 0.15) is 5.82 Å². The molecule has 1 aromatic carbocycles. The molecule has 2 saturated heterocycles. The summed E-state index contributed by atoms with van der Waals surface area (Å²) < 4.78 is 10.9. The van der Waals surface area contributed by atoms with Gasteiger partial charge in [0.05, 0.1) is 0 Å². The number of carbonyl (C=O) groups is 2. The van der Waals surface area contributed by atoms with E-state index < -0.39 is 0 Å². The largest absolute Gasteiger partial charge is 0.454 e. The van der Waals surface area contributed by atoms with Gasteiger partial charge in [-0.1, -0.05) is 6.07 Å². The summed E-state index contributed by atoms with van der Waals surface area (Å²) in [5, 5.41) is 2.97. The summed E-state index contributed by atoms with van der Waals surface area (Å²) in [4.78, 5) is 35.3. The Morgan fingerprint density at radius 1 is 1.03 bits per heavy atom. The number of nitrogens with zero attached hydrogens (tertiary/aromatic N) is 4. The van der Waals surface area contributed by atoms with E-state index in [0.29, 0.717) is 31.9 Å². The van der Waals surface area contributed by atoms with Gasteiger partial charge in [0.2, 0.25) is 12.7 Å². The number of pyridine rings is 1. The van der Waals surface area contributed by atoms with Gasteiger partial charge in [-0.25, -0.2) is 4.98 Å². The molecule has 1 aromatic heterocycles. The number of aromatic nitrogens is 1. The zero-order chi connectivity index (χ0) is 23.3. The second-order valence-corrected chi connectivity index (χ2v) is 8.95. The maximum absolute atomic E-state index is 12.6. The molecule has 180 valence electrons. The Kier molecular flexibility index (Phi) is 6.80. The van der Waals surface area contributed by atoms with Gasteiger partial charge >= 0.3 is 0 Å². The third-order valence-corrected chi connectivity index (χ3v) is 6.61. The van der Waals surface area contributed by atoms with Gasteiger partial charge in [-0.15, -0.1) is 0 Å². The van der Waals surface area contributed by atoms with Crippen molar-refractivity contribution in [3.63, 3.8) is 0 Å². The molecule has 0 unspecified atom stereocenters. The summed E-state index contributed by atoms with van der Waals surface area (Å²) in [6, 6.07) is 9.74. The lowest BCUT2D eigenvalue weighted by atomic mass is 10.1. The first-order valence-corrected chi connectivity index (χ1v) is 12.0. The molecule has 1 N–H and O–H groups in total. The van der Waals surface area contributed by atoms with E-state index in [-0.39, 0.29) is 11.8 Å². The molecule has 9 heteroatoms. The summed E-state index contributed by atoms with van der Waals surface area (Å²) >= 11 is 0. The van der Waals surface area contributed by atoms with Crippen molar-refractivity contribution >= 4 is 17.6 Å². The predicted octanol–water partition coefficient (Wildman–Crippen LogP) is 1.87. The highest BCUT2D eigenvalue weighted by Crippen LogP contribution is 2.33. The van der Waals surface area contributed by atoms with Crippen molar-refractivity contribution in [2.24, 2.45) is 0 Å². The van der Waals surface area contributed by atoms with Crippen LogP contribution in [0.2, 0.25) is 0 Å². The van der Waals surface area contributed by atoms with E-state index in [1.54, 1.807) is 12.3 Å². The molecule has 4 heterocycles. The van der Waals surface area contributed by atoms with Crippen LogP contribution >= 0.6 is 0 Å². The Bertz CT molecular complexity index is 1040. The van der Waals surface area contributed by atoms with Crippen molar-refractivity contribution in [2.75, 3.05) is 57.5 Å². The van der Waals surface area contributed by atoms with Crippen LogP contribution in [0.1, 0.15) is 35.2 Å². The number of nitrogens with one attached hydrogen (secondary N) is 1. The van der Waals surface area contributed by atoms with Crippen LogP contribution in [0.15, 0.2) is 36.5 Å². The molecule has 3 aliphatic heterocycles. The number of carbonyl (C=O) groups excluding carboxylic acids is 2. The summed E-state index contributed by atoms with van der Waals surface area (Å²) in [7, 11) is 0. The van der Waals surface area contributed by atoms with Crippen LogP contribution < -0.4 is 19.7 Å². The lowest BCUT2D eigenvalue weighted by molar-refractivity contribution is -0.127. The molecule has 3 aliphatic rings. The van der Waals surface area contributed by atoms with Gasteiger partial charge in [-0.05, 0) is 42.7 Å². The summed E-state index contributed by atoms with van der Waals surface area (Å²) in [5.74, 6) is 2.59. The Labute approximate surface area is 199 Å². The molecule has 34 heavy (non-hydrogen) atoms. The molecule has 0 radical (unpaired) electrons. The van der Waals surface area contributed by atoms with E-state index >= 15 is 0 Å². The zero-order valence-electron chi connectivity index (χ0n) is 19.4. The standard InChI is InChI=1S/C25H31N5O4/c31-24-3-1-9-30(24)10-2-7-27-25(32)20-6-8-26-23(16-20)29-13-11-28(12-14-29)17-19-4-5-21-22(15-19)34-18-33-21/h4-6,8,15-16H,1-3,7,9-14,17-18H2,(H,27,32). The quantitative estimate of drug-likeness (QED) is 0.596. The van der Waals surface area contributed by atoms with E-state index in [1.807, 2.05) is 17.0 Å². The van der Waals surface area contributed by atoms with E-state index in [0.717, 1.165) is 69.4 Å². The van der Waals surface area contributed by atoms with Crippen LogP contribution in [0.5, 0.6) is 11.5 Å². The number of ether oxygens (including phenoxy) is 2. The van der Waals surface area contributed by atoms with E-state index in [1.165, 1.54) is 5.56 Å². The molecule has 5 rings (SSSR count). The minimum Gasteiger partial charge on any atom is -0.454 e. The number of likely N-dealkylation sites (tertiary alicyclic amines) is 1. The molecular formula is C25H31N5O4. The molecule has 0 spiro atoms. The van der Waals surface area contributed by atoms with E-state index in [9.17, 15) is 9.59 Å². The number of hydrogen-bond donors (Lipinski definition) is 1. The fraction of sp³-hybridized carbons (Fsp3) is 0.480. The minimum atomic E-state index is -0.0992. The third kappa shape index (κ3) is 5.25. The van der Waals surface area contributed by atoms with Crippen molar-refractivity contribution in [3.8, 4) is 11.5 Å². The molecular weight excluding hydrogens is 434 g/mol. The first-order valence-electron chi connectivity index (χ1n) is 12.0. The van der Waals surface area contributed by atoms with Crippen molar-refractivity contribution in [1.82, 2.24) is 20.1 Å². The molecule has 0 bridgehead atoms. The molecule has 2 amide bonds. The highest BCUT2D eigenvalue weighted by Gasteiger charge is 2.21. The normalized spacial score (nSPS) is 17.9. The Morgan fingerprint density at radius 2 is 1.88 bits per heavy atom. The van der Waals surface area contributed by atoms with Crippen LogP contribution in [-0.4, -0.2) is 79.2 Å². The number of fused-ring (bicyclic) bond motifs is 1. The number of benzene rings is 1. The Balaban J connectivity index is 1.08. The van der Waals surface area contributed by atoms with Crippen molar-refractivity contribution in [3.05, 3.63) is 47.7 Å². The average Bonchev–Trinajstić information content (AvgIpc) is 3.50. The monoisotopic (exact) mass is 465 g/mol. The number of amides is 2. The molecule has 0 saturated carbocycles. The smallest absolute Gasteiger partial charge is 0.251 e. The summed E-state index contributed by atoms with van der Waals surface area (Å²) in [5.41, 5.74) is 1.83. The molecule has 0 atom stereocenters. The van der Waals surface area contributed by atoms with Gasteiger partial charge < -0.3 is 24.6 Å². The molecule has 0 aliphatic carbocycles. The van der Waals surface area contributed by atoms with Crippen LogP contribution in [0.3, 0.4) is 0 Å². The molecule has 2 aromatic rings. The average molecular weight is 466 g/mol. The first kappa shape index (κ1) is 22.5. The van der Waals surface area contributed by atoms with Gasteiger partial charge in [-0.3, -0.25) is 14.5 Å². The van der Waals surface area contributed by atoms with Gasteiger partial charge in [0, 0.05) is 70.5 Å². The SMILES string of the molecule is O=C(NCCCN1CCCC1=O)c1ccnc(N2CCN(Cc3ccc4c(c3)OCO4)CC2)c1. The van der Waals surface area contributed by atoms with Crippen LogP contribution in [0.4, 0.5) is 5.82 Å². The van der Waals surface area contributed by atoms with Crippen molar-refractivity contribution in [2.45, 2.75) is 25.8 Å². The third-order valence-electron chi connectivity index (χ3n) is 6.61. The lowest BCUT2D eigenvalue weighted by Gasteiger charge is -2.35. The first-order chi connectivity index (χ1) is 16.7.